The molecule has 1 aliphatic carbocycles. The summed E-state index contributed by atoms with van der Waals surface area (Å²) < 4.78 is 0. The normalized spacial score (nSPS) is 16.3. The molecule has 1 saturated carbocycles. The lowest BCUT2D eigenvalue weighted by Crippen LogP contribution is -2.14. The lowest BCUT2D eigenvalue weighted by Gasteiger charge is -2.25. The van der Waals surface area contributed by atoms with Gasteiger partial charge >= 0.3 is 0 Å². The summed E-state index contributed by atoms with van der Waals surface area (Å²) in [6.45, 7) is 1.07. The number of likely N-dealkylation sites (N-methyl/N-ethyl adjacent to an activating group) is 1. The monoisotopic (exact) mass is 221 g/mol. The van der Waals surface area contributed by atoms with E-state index in [9.17, 15) is 0 Å². The maximum atomic E-state index is 3.22. The van der Waals surface area contributed by atoms with Crippen molar-refractivity contribution < 1.29 is 0 Å². The van der Waals surface area contributed by atoms with Gasteiger partial charge in [-0.05, 0) is 44.5 Å². The van der Waals surface area contributed by atoms with Gasteiger partial charge in [-0.3, -0.25) is 0 Å². The first-order valence-electron chi connectivity index (χ1n) is 5.79. The molecule has 15 heavy (non-hydrogen) atoms. The van der Waals surface area contributed by atoms with E-state index in [1.807, 2.05) is 7.05 Å². The molecule has 0 atom stereocenters. The van der Waals surface area contributed by atoms with Gasteiger partial charge in [-0.15, -0.1) is 11.8 Å². The maximum Gasteiger partial charge on any atom is 0.0107 e. The first kappa shape index (κ1) is 11.0. The second-order valence-corrected chi connectivity index (χ2v) is 5.47. The molecule has 1 nitrogen and oxygen atoms in total. The van der Waals surface area contributed by atoms with Gasteiger partial charge in [-0.1, -0.05) is 24.6 Å². The zero-order chi connectivity index (χ0) is 10.5. The molecular weight excluding hydrogens is 202 g/mol. The van der Waals surface area contributed by atoms with Gasteiger partial charge in [0.25, 0.3) is 0 Å². The molecule has 0 unspecified atom stereocenters. The summed E-state index contributed by atoms with van der Waals surface area (Å²) in [5.41, 5.74) is 1.50. The number of nitrogens with one attached hydrogen (secondary N) is 1. The first-order chi connectivity index (χ1) is 7.40. The Balaban J connectivity index is 1.99. The van der Waals surface area contributed by atoms with Crippen LogP contribution in [0, 0.1) is 0 Å². The molecule has 2 heteroatoms. The average Bonchev–Trinajstić information content (AvgIpc) is 2.22. The molecule has 0 bridgehead atoms. The molecule has 1 aliphatic rings. The zero-order valence-electron chi connectivity index (χ0n) is 9.33. The second-order valence-electron chi connectivity index (χ2n) is 4.13. The molecule has 0 spiro atoms. The lowest BCUT2D eigenvalue weighted by atomic mass is 10.00. The molecule has 82 valence electrons. The van der Waals surface area contributed by atoms with Crippen molar-refractivity contribution in [1.82, 2.24) is 5.32 Å². The van der Waals surface area contributed by atoms with Crippen LogP contribution in [0.5, 0.6) is 0 Å². The van der Waals surface area contributed by atoms with Gasteiger partial charge in [0.15, 0.2) is 0 Å². The van der Waals surface area contributed by atoms with Crippen LogP contribution >= 0.6 is 11.8 Å². The summed E-state index contributed by atoms with van der Waals surface area (Å²) in [7, 11) is 2.02. The van der Waals surface area contributed by atoms with Crippen molar-refractivity contribution in [2.24, 2.45) is 0 Å². The highest BCUT2D eigenvalue weighted by Crippen LogP contribution is 2.37. The summed E-state index contributed by atoms with van der Waals surface area (Å²) in [5, 5.41) is 4.11. The number of hydrogen-bond acceptors (Lipinski definition) is 2. The Hall–Kier alpha value is -0.470. The second kappa shape index (κ2) is 5.57. The Morgan fingerprint density at radius 1 is 1.33 bits per heavy atom. The van der Waals surface area contributed by atoms with Crippen molar-refractivity contribution in [2.45, 2.75) is 35.8 Å². The molecule has 0 aromatic heterocycles. The van der Waals surface area contributed by atoms with Crippen molar-refractivity contribution in [3.63, 3.8) is 0 Å². The molecule has 0 aliphatic heterocycles. The number of thioether (sulfide) groups is 1. The first-order valence-corrected chi connectivity index (χ1v) is 6.67. The molecule has 0 heterocycles. The van der Waals surface area contributed by atoms with E-state index in [0.717, 1.165) is 18.2 Å². The van der Waals surface area contributed by atoms with Crippen molar-refractivity contribution in [1.29, 1.82) is 0 Å². The molecular formula is C13H19NS. The Morgan fingerprint density at radius 2 is 2.13 bits per heavy atom. The quantitative estimate of drug-likeness (QED) is 0.820. The minimum atomic E-state index is 0.890. The van der Waals surface area contributed by atoms with Crippen molar-refractivity contribution in [3.8, 4) is 0 Å². The summed E-state index contributed by atoms with van der Waals surface area (Å²) >= 11 is 2.08. The molecule has 0 amide bonds. The Bertz CT molecular complexity index is 307. The van der Waals surface area contributed by atoms with Crippen molar-refractivity contribution in [2.75, 3.05) is 13.6 Å². The Morgan fingerprint density at radius 3 is 2.80 bits per heavy atom. The fourth-order valence-electron chi connectivity index (χ4n) is 1.75. The topological polar surface area (TPSA) is 12.0 Å². The van der Waals surface area contributed by atoms with E-state index < -0.39 is 0 Å². The third kappa shape index (κ3) is 2.99. The Kier molecular flexibility index (Phi) is 4.09. The van der Waals surface area contributed by atoms with Crippen LogP contribution in [0.2, 0.25) is 0 Å². The predicted octanol–water partition coefficient (Wildman–Crippen LogP) is 3.09. The van der Waals surface area contributed by atoms with E-state index in [0.29, 0.717) is 0 Å². The van der Waals surface area contributed by atoms with E-state index in [2.05, 4.69) is 41.3 Å². The molecule has 0 radical (unpaired) electrons. The number of rotatable bonds is 5. The Labute approximate surface area is 96.7 Å². The summed E-state index contributed by atoms with van der Waals surface area (Å²) in [5.74, 6) is 0. The highest BCUT2D eigenvalue weighted by molar-refractivity contribution is 8.00. The van der Waals surface area contributed by atoms with Gasteiger partial charge in [-0.2, -0.15) is 0 Å². The summed E-state index contributed by atoms with van der Waals surface area (Å²) in [4.78, 5) is 1.50. The molecule has 1 aromatic rings. The highest BCUT2D eigenvalue weighted by Gasteiger charge is 2.19. The van der Waals surface area contributed by atoms with E-state index in [1.54, 1.807) is 0 Å². The number of hydrogen-bond donors (Lipinski definition) is 1. The standard InChI is InChI=1S/C13H19NS/c1-14-10-9-11-5-2-3-8-13(11)15-12-6-4-7-12/h2-3,5,8,12,14H,4,6-7,9-10H2,1H3. The third-order valence-electron chi connectivity index (χ3n) is 2.96. The molecule has 1 N–H and O–H groups in total. The summed E-state index contributed by atoms with van der Waals surface area (Å²) in [6, 6.07) is 8.84. The zero-order valence-corrected chi connectivity index (χ0v) is 10.1. The smallest absolute Gasteiger partial charge is 0.0107 e. The van der Waals surface area contributed by atoms with Gasteiger partial charge < -0.3 is 5.32 Å². The van der Waals surface area contributed by atoms with Gasteiger partial charge in [0.1, 0.15) is 0 Å². The maximum absolute atomic E-state index is 3.22. The van der Waals surface area contributed by atoms with E-state index in [4.69, 9.17) is 0 Å². The average molecular weight is 221 g/mol. The third-order valence-corrected chi connectivity index (χ3v) is 4.42. The van der Waals surface area contributed by atoms with E-state index in [1.165, 1.54) is 29.7 Å². The van der Waals surface area contributed by atoms with Crippen LogP contribution in [-0.4, -0.2) is 18.8 Å². The largest absolute Gasteiger partial charge is 0.319 e. The van der Waals surface area contributed by atoms with E-state index in [-0.39, 0.29) is 0 Å². The SMILES string of the molecule is CNCCc1ccccc1SC1CCC1. The molecule has 2 rings (SSSR count). The van der Waals surface area contributed by atoms with Crippen LogP contribution in [0.3, 0.4) is 0 Å². The fraction of sp³-hybridized carbons (Fsp3) is 0.538. The minimum absolute atomic E-state index is 0.890. The van der Waals surface area contributed by atoms with Crippen LogP contribution in [0.25, 0.3) is 0 Å². The van der Waals surface area contributed by atoms with Crippen LogP contribution in [0.4, 0.5) is 0 Å². The lowest BCUT2D eigenvalue weighted by molar-refractivity contribution is 0.522. The van der Waals surface area contributed by atoms with Crippen molar-refractivity contribution in [3.05, 3.63) is 29.8 Å². The highest BCUT2D eigenvalue weighted by atomic mass is 32.2. The predicted molar refractivity (Wildman–Crippen MR) is 67.6 cm³/mol. The van der Waals surface area contributed by atoms with Gasteiger partial charge in [0, 0.05) is 10.1 Å². The fourth-order valence-corrected chi connectivity index (χ4v) is 3.16. The number of benzene rings is 1. The summed E-state index contributed by atoms with van der Waals surface area (Å²) in [6.07, 6.45) is 5.39. The van der Waals surface area contributed by atoms with Crippen LogP contribution < -0.4 is 5.32 Å². The van der Waals surface area contributed by atoms with Crippen LogP contribution in [0.1, 0.15) is 24.8 Å². The van der Waals surface area contributed by atoms with Gasteiger partial charge in [0.2, 0.25) is 0 Å². The van der Waals surface area contributed by atoms with E-state index >= 15 is 0 Å². The van der Waals surface area contributed by atoms with Crippen LogP contribution in [0.15, 0.2) is 29.2 Å². The molecule has 1 fully saturated rings. The van der Waals surface area contributed by atoms with Crippen molar-refractivity contribution >= 4 is 11.8 Å². The van der Waals surface area contributed by atoms with Gasteiger partial charge in [-0.25, -0.2) is 0 Å². The van der Waals surface area contributed by atoms with Crippen LogP contribution in [-0.2, 0) is 6.42 Å². The molecule has 1 aromatic carbocycles. The minimum Gasteiger partial charge on any atom is -0.319 e. The molecule has 0 saturated heterocycles. The van der Waals surface area contributed by atoms with Gasteiger partial charge in [0.05, 0.1) is 0 Å².